The Morgan fingerprint density at radius 1 is 1.40 bits per heavy atom. The van der Waals surface area contributed by atoms with Crippen molar-refractivity contribution in [1.82, 2.24) is 10.6 Å². The number of ether oxygens (including phenoxy) is 1. The van der Waals surface area contributed by atoms with Crippen molar-refractivity contribution in [3.05, 3.63) is 24.3 Å². The fourth-order valence-corrected chi connectivity index (χ4v) is 1.66. The minimum Gasteiger partial charge on any atom is -0.482 e. The van der Waals surface area contributed by atoms with Gasteiger partial charge in [0.1, 0.15) is 11.8 Å². The number of carbonyl (C=O) groups excluding carboxylic acids is 2. The van der Waals surface area contributed by atoms with E-state index in [2.05, 4.69) is 10.6 Å². The number of para-hydroxylation sites is 2. The first-order chi connectivity index (χ1) is 9.56. The highest BCUT2D eigenvalue weighted by molar-refractivity contribution is 5.88. The number of carbonyl (C=O) groups is 2. The van der Waals surface area contributed by atoms with Crippen molar-refractivity contribution >= 4 is 17.5 Å². The molecule has 6 heteroatoms. The molecule has 1 aliphatic carbocycles. The minimum atomic E-state index is -0.570. The monoisotopic (exact) mass is 277 g/mol. The van der Waals surface area contributed by atoms with Gasteiger partial charge in [-0.25, -0.2) is 0 Å². The molecule has 1 unspecified atom stereocenters. The van der Waals surface area contributed by atoms with Gasteiger partial charge in [-0.05, 0) is 31.9 Å². The smallest absolute Gasteiger partial charge is 0.258 e. The number of hydrogen-bond donors (Lipinski definition) is 3. The SMILES string of the molecule is CC(NC(=O)COc1ccccc1N)C(=O)NC1CC1. The summed E-state index contributed by atoms with van der Waals surface area (Å²) < 4.78 is 5.30. The van der Waals surface area contributed by atoms with Crippen molar-refractivity contribution in [3.63, 3.8) is 0 Å². The predicted octanol–water partition coefficient (Wildman–Crippen LogP) is 0.431. The molecule has 1 aliphatic rings. The second-order valence-electron chi connectivity index (χ2n) is 4.90. The van der Waals surface area contributed by atoms with Crippen molar-refractivity contribution in [1.29, 1.82) is 0 Å². The number of hydrogen-bond acceptors (Lipinski definition) is 4. The van der Waals surface area contributed by atoms with E-state index in [-0.39, 0.29) is 24.5 Å². The summed E-state index contributed by atoms with van der Waals surface area (Å²) in [4.78, 5) is 23.4. The van der Waals surface area contributed by atoms with Gasteiger partial charge >= 0.3 is 0 Å². The van der Waals surface area contributed by atoms with Crippen molar-refractivity contribution in [2.45, 2.75) is 31.8 Å². The van der Waals surface area contributed by atoms with Gasteiger partial charge in [0.05, 0.1) is 5.69 Å². The zero-order valence-corrected chi connectivity index (χ0v) is 11.4. The van der Waals surface area contributed by atoms with E-state index in [1.54, 1.807) is 31.2 Å². The highest BCUT2D eigenvalue weighted by Gasteiger charge is 2.26. The van der Waals surface area contributed by atoms with Crippen LogP contribution in [0.25, 0.3) is 0 Å². The molecule has 1 aromatic carbocycles. The molecule has 108 valence electrons. The first kappa shape index (κ1) is 14.2. The summed E-state index contributed by atoms with van der Waals surface area (Å²) in [5.41, 5.74) is 6.17. The number of nitrogens with one attached hydrogen (secondary N) is 2. The maximum atomic E-state index is 11.7. The van der Waals surface area contributed by atoms with E-state index in [1.807, 2.05) is 0 Å². The van der Waals surface area contributed by atoms with Crippen LogP contribution in [0.1, 0.15) is 19.8 Å². The fraction of sp³-hybridized carbons (Fsp3) is 0.429. The number of nitrogens with two attached hydrogens (primary N) is 1. The molecule has 0 radical (unpaired) electrons. The fourth-order valence-electron chi connectivity index (χ4n) is 1.66. The van der Waals surface area contributed by atoms with E-state index in [0.29, 0.717) is 11.4 Å². The zero-order valence-electron chi connectivity index (χ0n) is 11.4. The van der Waals surface area contributed by atoms with Gasteiger partial charge in [-0.3, -0.25) is 9.59 Å². The molecular formula is C14H19N3O3. The Kier molecular flexibility index (Phi) is 4.45. The normalized spacial score (nSPS) is 15.2. The van der Waals surface area contributed by atoms with Crippen LogP contribution in [0.4, 0.5) is 5.69 Å². The van der Waals surface area contributed by atoms with E-state index in [0.717, 1.165) is 12.8 Å². The molecule has 0 aliphatic heterocycles. The van der Waals surface area contributed by atoms with Gasteiger partial charge in [0.2, 0.25) is 5.91 Å². The van der Waals surface area contributed by atoms with Gasteiger partial charge in [-0.2, -0.15) is 0 Å². The Balaban J connectivity index is 1.74. The molecule has 1 fully saturated rings. The summed E-state index contributed by atoms with van der Waals surface area (Å²) in [5, 5.41) is 5.41. The molecule has 0 heterocycles. The van der Waals surface area contributed by atoms with Crippen molar-refractivity contribution in [3.8, 4) is 5.75 Å². The molecule has 0 saturated heterocycles. The lowest BCUT2D eigenvalue weighted by molar-refractivity contribution is -0.129. The van der Waals surface area contributed by atoms with Crippen LogP contribution < -0.4 is 21.1 Å². The number of amides is 2. The largest absolute Gasteiger partial charge is 0.482 e. The maximum Gasteiger partial charge on any atom is 0.258 e. The molecular weight excluding hydrogens is 258 g/mol. The van der Waals surface area contributed by atoms with Crippen LogP contribution in [-0.4, -0.2) is 30.5 Å². The van der Waals surface area contributed by atoms with E-state index < -0.39 is 6.04 Å². The van der Waals surface area contributed by atoms with E-state index in [9.17, 15) is 9.59 Å². The number of benzene rings is 1. The van der Waals surface area contributed by atoms with Crippen molar-refractivity contribution < 1.29 is 14.3 Å². The van der Waals surface area contributed by atoms with Crippen molar-refractivity contribution in [2.24, 2.45) is 0 Å². The second kappa shape index (κ2) is 6.27. The average molecular weight is 277 g/mol. The highest BCUT2D eigenvalue weighted by Crippen LogP contribution is 2.19. The summed E-state index contributed by atoms with van der Waals surface area (Å²) >= 11 is 0. The Hall–Kier alpha value is -2.24. The third-order valence-corrected chi connectivity index (χ3v) is 2.97. The number of rotatable bonds is 6. The van der Waals surface area contributed by atoms with Crippen LogP contribution in [0.5, 0.6) is 5.75 Å². The summed E-state index contributed by atoms with van der Waals surface area (Å²) in [7, 11) is 0. The molecule has 4 N–H and O–H groups in total. The van der Waals surface area contributed by atoms with Crippen LogP contribution in [0.15, 0.2) is 24.3 Å². The molecule has 2 amide bonds. The lowest BCUT2D eigenvalue weighted by atomic mass is 10.3. The first-order valence-electron chi connectivity index (χ1n) is 6.63. The Morgan fingerprint density at radius 3 is 2.75 bits per heavy atom. The summed E-state index contributed by atoms with van der Waals surface area (Å²) in [6.07, 6.45) is 2.03. The van der Waals surface area contributed by atoms with Crippen molar-refractivity contribution in [2.75, 3.05) is 12.3 Å². The topological polar surface area (TPSA) is 93.4 Å². The summed E-state index contributed by atoms with van der Waals surface area (Å²) in [6.45, 7) is 1.47. The molecule has 0 bridgehead atoms. The van der Waals surface area contributed by atoms with Gasteiger partial charge in [-0.1, -0.05) is 12.1 Å². The second-order valence-corrected chi connectivity index (χ2v) is 4.90. The Labute approximate surface area is 117 Å². The van der Waals surface area contributed by atoms with Gasteiger partial charge in [0, 0.05) is 6.04 Å². The van der Waals surface area contributed by atoms with Gasteiger partial charge in [0.25, 0.3) is 5.91 Å². The van der Waals surface area contributed by atoms with Crippen LogP contribution in [0, 0.1) is 0 Å². The molecule has 1 saturated carbocycles. The van der Waals surface area contributed by atoms with Gasteiger partial charge in [-0.15, -0.1) is 0 Å². The number of anilines is 1. The molecule has 0 aromatic heterocycles. The Morgan fingerprint density at radius 2 is 2.10 bits per heavy atom. The Bertz CT molecular complexity index is 500. The van der Waals surface area contributed by atoms with Crippen LogP contribution >= 0.6 is 0 Å². The van der Waals surface area contributed by atoms with E-state index >= 15 is 0 Å². The minimum absolute atomic E-state index is 0.167. The number of nitrogen functional groups attached to an aromatic ring is 1. The van der Waals surface area contributed by atoms with E-state index in [4.69, 9.17) is 10.5 Å². The standard InChI is InChI=1S/C14H19N3O3/c1-9(14(19)17-10-6-7-10)16-13(18)8-20-12-5-3-2-4-11(12)15/h2-5,9-10H,6-8,15H2,1H3,(H,16,18)(H,17,19). The molecule has 2 rings (SSSR count). The quantitative estimate of drug-likeness (QED) is 0.657. The molecule has 1 atom stereocenters. The molecule has 20 heavy (non-hydrogen) atoms. The summed E-state index contributed by atoms with van der Waals surface area (Å²) in [6, 6.07) is 6.65. The van der Waals surface area contributed by atoms with Gasteiger partial charge in [0.15, 0.2) is 6.61 Å². The highest BCUT2D eigenvalue weighted by atomic mass is 16.5. The first-order valence-corrected chi connectivity index (χ1v) is 6.63. The average Bonchev–Trinajstić information content (AvgIpc) is 3.21. The predicted molar refractivity (Wildman–Crippen MR) is 75.1 cm³/mol. The van der Waals surface area contributed by atoms with Crippen LogP contribution in [-0.2, 0) is 9.59 Å². The molecule has 1 aromatic rings. The lowest BCUT2D eigenvalue weighted by Gasteiger charge is -2.14. The molecule has 6 nitrogen and oxygen atoms in total. The zero-order chi connectivity index (χ0) is 14.5. The third kappa shape index (κ3) is 4.15. The third-order valence-electron chi connectivity index (χ3n) is 2.97. The lowest BCUT2D eigenvalue weighted by Crippen LogP contribution is -2.46. The van der Waals surface area contributed by atoms with E-state index in [1.165, 1.54) is 0 Å². The summed E-state index contributed by atoms with van der Waals surface area (Å²) in [5.74, 6) is -0.0653. The van der Waals surface area contributed by atoms with Gasteiger partial charge < -0.3 is 21.1 Å². The maximum absolute atomic E-state index is 11.7. The van der Waals surface area contributed by atoms with Crippen LogP contribution in [0.3, 0.4) is 0 Å². The molecule has 0 spiro atoms. The van der Waals surface area contributed by atoms with Crippen LogP contribution in [0.2, 0.25) is 0 Å².